The largest absolute Gasteiger partial charge is 0.416 e. The Balaban J connectivity index is 1.87. The van der Waals surface area contributed by atoms with Gasteiger partial charge in [-0.1, -0.05) is 24.3 Å². The molecular formula is C20H14F3NO3. The van der Waals surface area contributed by atoms with Crippen molar-refractivity contribution in [1.29, 1.82) is 0 Å². The SMILES string of the molecule is CC(=O)/C(=C/c1ccc(C(F)(F)F)cc1)CN1C(=O)c2ccccc2C1=O. The minimum atomic E-state index is -4.45. The maximum atomic E-state index is 12.6. The molecule has 3 rings (SSSR count). The van der Waals surface area contributed by atoms with E-state index in [1.807, 2.05) is 0 Å². The van der Waals surface area contributed by atoms with Crippen LogP contribution in [0, 0.1) is 0 Å². The van der Waals surface area contributed by atoms with E-state index >= 15 is 0 Å². The number of halogens is 3. The number of Topliss-reactive ketones (excluding diaryl/α,β-unsaturated/α-hetero) is 1. The lowest BCUT2D eigenvalue weighted by Gasteiger charge is -2.15. The molecule has 0 spiro atoms. The van der Waals surface area contributed by atoms with Crippen LogP contribution in [0.2, 0.25) is 0 Å². The molecule has 2 aromatic carbocycles. The molecule has 0 aliphatic carbocycles. The highest BCUT2D eigenvalue weighted by atomic mass is 19.4. The lowest BCUT2D eigenvalue weighted by molar-refractivity contribution is -0.137. The van der Waals surface area contributed by atoms with Crippen molar-refractivity contribution in [3.05, 3.63) is 76.4 Å². The Bertz CT molecular complexity index is 924. The van der Waals surface area contributed by atoms with Crippen molar-refractivity contribution in [2.45, 2.75) is 13.1 Å². The zero-order valence-electron chi connectivity index (χ0n) is 14.2. The van der Waals surface area contributed by atoms with Crippen molar-refractivity contribution in [1.82, 2.24) is 4.90 Å². The molecule has 1 heterocycles. The molecule has 0 N–H and O–H groups in total. The van der Waals surface area contributed by atoms with Gasteiger partial charge >= 0.3 is 6.18 Å². The number of amides is 2. The third kappa shape index (κ3) is 3.67. The van der Waals surface area contributed by atoms with Crippen molar-refractivity contribution < 1.29 is 27.6 Å². The molecule has 138 valence electrons. The van der Waals surface area contributed by atoms with Gasteiger partial charge in [0.25, 0.3) is 11.8 Å². The summed E-state index contributed by atoms with van der Waals surface area (Å²) in [7, 11) is 0. The van der Waals surface area contributed by atoms with Gasteiger partial charge in [-0.25, -0.2) is 0 Å². The molecule has 1 aliphatic rings. The maximum absolute atomic E-state index is 12.6. The predicted octanol–water partition coefficient (Wildman–Crippen LogP) is 3.97. The highest BCUT2D eigenvalue weighted by molar-refractivity contribution is 6.22. The molecule has 0 fully saturated rings. The van der Waals surface area contributed by atoms with Crippen LogP contribution in [-0.2, 0) is 11.0 Å². The van der Waals surface area contributed by atoms with E-state index in [2.05, 4.69) is 0 Å². The summed E-state index contributed by atoms with van der Waals surface area (Å²) in [5.74, 6) is -1.39. The fourth-order valence-corrected chi connectivity index (χ4v) is 2.78. The summed E-state index contributed by atoms with van der Waals surface area (Å²) >= 11 is 0. The van der Waals surface area contributed by atoms with Crippen LogP contribution in [0.5, 0.6) is 0 Å². The van der Waals surface area contributed by atoms with E-state index in [0.29, 0.717) is 5.56 Å². The fourth-order valence-electron chi connectivity index (χ4n) is 2.78. The number of imide groups is 1. The summed E-state index contributed by atoms with van der Waals surface area (Å²) < 4.78 is 37.9. The number of hydrogen-bond donors (Lipinski definition) is 0. The van der Waals surface area contributed by atoms with Gasteiger partial charge in [-0.2, -0.15) is 13.2 Å². The highest BCUT2D eigenvalue weighted by Crippen LogP contribution is 2.29. The van der Waals surface area contributed by atoms with Gasteiger partial charge in [0.2, 0.25) is 0 Å². The molecule has 0 unspecified atom stereocenters. The van der Waals surface area contributed by atoms with Crippen molar-refractivity contribution >= 4 is 23.7 Å². The summed E-state index contributed by atoms with van der Waals surface area (Å²) in [5.41, 5.74) is 0.235. The Labute approximate surface area is 152 Å². The van der Waals surface area contributed by atoms with Gasteiger partial charge in [-0.3, -0.25) is 19.3 Å². The highest BCUT2D eigenvalue weighted by Gasteiger charge is 2.35. The molecule has 27 heavy (non-hydrogen) atoms. The molecule has 7 heteroatoms. The Kier molecular flexibility index (Phi) is 4.70. The topological polar surface area (TPSA) is 54.5 Å². The third-order valence-corrected chi connectivity index (χ3v) is 4.24. The van der Waals surface area contributed by atoms with Gasteiger partial charge in [0, 0.05) is 5.57 Å². The molecule has 0 aromatic heterocycles. The van der Waals surface area contributed by atoms with Crippen LogP contribution >= 0.6 is 0 Å². The second-order valence-corrected chi connectivity index (χ2v) is 6.09. The number of carbonyl (C=O) groups is 3. The third-order valence-electron chi connectivity index (χ3n) is 4.24. The van der Waals surface area contributed by atoms with E-state index < -0.39 is 23.6 Å². The molecule has 0 saturated carbocycles. The monoisotopic (exact) mass is 373 g/mol. The molecule has 0 radical (unpaired) electrons. The quantitative estimate of drug-likeness (QED) is 0.602. The van der Waals surface area contributed by atoms with Crippen molar-refractivity contribution in [2.75, 3.05) is 6.54 Å². The zero-order valence-corrected chi connectivity index (χ0v) is 14.2. The molecule has 1 aliphatic heterocycles. The molecule has 2 aromatic rings. The van der Waals surface area contributed by atoms with Crippen LogP contribution in [0.25, 0.3) is 6.08 Å². The van der Waals surface area contributed by atoms with E-state index in [9.17, 15) is 27.6 Å². The Hall–Kier alpha value is -3.22. The first-order chi connectivity index (χ1) is 12.7. The second kappa shape index (κ2) is 6.83. The number of fused-ring (bicyclic) bond motifs is 1. The first-order valence-corrected chi connectivity index (χ1v) is 8.02. The predicted molar refractivity (Wildman–Crippen MR) is 91.9 cm³/mol. The van der Waals surface area contributed by atoms with Gasteiger partial charge in [0.05, 0.1) is 23.2 Å². The van der Waals surface area contributed by atoms with Crippen LogP contribution in [0.3, 0.4) is 0 Å². The van der Waals surface area contributed by atoms with Gasteiger partial charge in [-0.15, -0.1) is 0 Å². The minimum Gasteiger partial charge on any atom is -0.295 e. The van der Waals surface area contributed by atoms with Gasteiger partial charge < -0.3 is 0 Å². The van der Waals surface area contributed by atoms with Crippen LogP contribution in [0.15, 0.2) is 54.1 Å². The average Bonchev–Trinajstić information content (AvgIpc) is 2.86. The number of carbonyl (C=O) groups excluding carboxylic acids is 3. The van der Waals surface area contributed by atoms with E-state index in [0.717, 1.165) is 17.0 Å². The van der Waals surface area contributed by atoms with E-state index in [1.165, 1.54) is 37.3 Å². The lowest BCUT2D eigenvalue weighted by Crippen LogP contribution is -2.32. The Morgan fingerprint density at radius 2 is 1.48 bits per heavy atom. The number of alkyl halides is 3. The summed E-state index contributed by atoms with van der Waals surface area (Å²) in [6.07, 6.45) is -3.07. The van der Waals surface area contributed by atoms with Crippen LogP contribution in [0.4, 0.5) is 13.2 Å². The first kappa shape index (κ1) is 18.6. The molecule has 0 saturated heterocycles. The number of hydrogen-bond acceptors (Lipinski definition) is 3. The second-order valence-electron chi connectivity index (χ2n) is 6.09. The number of nitrogens with zero attached hydrogens (tertiary/aromatic N) is 1. The standard InChI is InChI=1S/C20H14F3NO3/c1-12(25)14(10-13-6-8-15(9-7-13)20(21,22)23)11-24-18(26)16-4-2-3-5-17(16)19(24)27/h2-10H,11H2,1H3/b14-10+. The van der Waals surface area contributed by atoms with Crippen molar-refractivity contribution in [2.24, 2.45) is 0 Å². The minimum absolute atomic E-state index is 0.143. The lowest BCUT2D eigenvalue weighted by atomic mass is 10.1. The first-order valence-electron chi connectivity index (χ1n) is 8.02. The van der Waals surface area contributed by atoms with E-state index in [4.69, 9.17) is 0 Å². The normalized spacial score (nSPS) is 14.5. The van der Waals surface area contributed by atoms with Crippen LogP contribution < -0.4 is 0 Å². The smallest absolute Gasteiger partial charge is 0.295 e. The molecule has 2 amide bonds. The van der Waals surface area contributed by atoms with E-state index in [-0.39, 0.29) is 29.0 Å². The average molecular weight is 373 g/mol. The Morgan fingerprint density at radius 1 is 0.963 bits per heavy atom. The van der Waals surface area contributed by atoms with Crippen molar-refractivity contribution in [3.8, 4) is 0 Å². The van der Waals surface area contributed by atoms with Gasteiger partial charge in [0.15, 0.2) is 5.78 Å². The number of rotatable bonds is 4. The molecule has 4 nitrogen and oxygen atoms in total. The summed E-state index contributed by atoms with van der Waals surface area (Å²) in [4.78, 5) is 37.7. The summed E-state index contributed by atoms with van der Waals surface area (Å²) in [6, 6.07) is 10.6. The van der Waals surface area contributed by atoms with Crippen molar-refractivity contribution in [3.63, 3.8) is 0 Å². The number of benzene rings is 2. The van der Waals surface area contributed by atoms with E-state index in [1.54, 1.807) is 12.1 Å². The van der Waals surface area contributed by atoms with Crippen LogP contribution in [-0.4, -0.2) is 29.0 Å². The summed E-state index contributed by atoms with van der Waals surface area (Å²) in [6.45, 7) is 1.02. The maximum Gasteiger partial charge on any atom is 0.416 e. The molecule has 0 bridgehead atoms. The Morgan fingerprint density at radius 3 is 1.93 bits per heavy atom. The van der Waals surface area contributed by atoms with Gasteiger partial charge in [-0.05, 0) is 42.8 Å². The van der Waals surface area contributed by atoms with Gasteiger partial charge in [0.1, 0.15) is 0 Å². The van der Waals surface area contributed by atoms with Crippen LogP contribution in [0.1, 0.15) is 38.8 Å². The number of ketones is 1. The fraction of sp³-hybridized carbons (Fsp3) is 0.150. The molecular weight excluding hydrogens is 359 g/mol. The summed E-state index contributed by atoms with van der Waals surface area (Å²) in [5, 5.41) is 0. The molecule has 0 atom stereocenters. The zero-order chi connectivity index (χ0) is 19.8.